The lowest BCUT2D eigenvalue weighted by Crippen LogP contribution is -2.24. The Morgan fingerprint density at radius 3 is 2.82 bits per heavy atom. The molecule has 22 heavy (non-hydrogen) atoms. The van der Waals surface area contributed by atoms with Crippen LogP contribution in [0.2, 0.25) is 0 Å². The van der Waals surface area contributed by atoms with Crippen molar-refractivity contribution >= 4 is 39.0 Å². The van der Waals surface area contributed by atoms with Gasteiger partial charge in [-0.1, -0.05) is 20.8 Å². The second-order valence-electron chi connectivity index (χ2n) is 6.61. The lowest BCUT2D eigenvalue weighted by Gasteiger charge is -2.26. The molecule has 4 rings (SSSR count). The first-order valence-corrected chi connectivity index (χ1v) is 8.19. The lowest BCUT2D eigenvalue weighted by atomic mass is 9.81. The number of halogens is 1. The molecule has 2 aliphatic rings. The summed E-state index contributed by atoms with van der Waals surface area (Å²) >= 11 is 8.95. The summed E-state index contributed by atoms with van der Waals surface area (Å²) in [6.07, 6.45) is 0. The molecule has 2 aliphatic heterocycles. The van der Waals surface area contributed by atoms with Gasteiger partial charge in [0.05, 0.1) is 21.7 Å². The van der Waals surface area contributed by atoms with Crippen molar-refractivity contribution in [1.82, 2.24) is 14.8 Å². The summed E-state index contributed by atoms with van der Waals surface area (Å²) in [7, 11) is 0. The van der Waals surface area contributed by atoms with Crippen molar-refractivity contribution in [3.63, 3.8) is 0 Å². The Kier molecular flexibility index (Phi) is 2.70. The number of rotatable bonds is 0. The predicted octanol–water partition coefficient (Wildman–Crippen LogP) is 3.26. The van der Waals surface area contributed by atoms with Crippen molar-refractivity contribution in [3.8, 4) is 5.88 Å². The Morgan fingerprint density at radius 2 is 2.14 bits per heavy atom. The van der Waals surface area contributed by atoms with E-state index < -0.39 is 0 Å². The third-order valence-corrected chi connectivity index (χ3v) is 5.10. The van der Waals surface area contributed by atoms with Gasteiger partial charge in [0.25, 0.3) is 0 Å². The Bertz CT molecular complexity index is 856. The second-order valence-corrected chi connectivity index (χ2v) is 7.79. The van der Waals surface area contributed by atoms with E-state index in [0.29, 0.717) is 16.8 Å². The van der Waals surface area contributed by atoms with Crippen molar-refractivity contribution in [2.75, 3.05) is 0 Å². The molecule has 3 N–H and O–H groups in total. The zero-order valence-corrected chi connectivity index (χ0v) is 14.8. The van der Waals surface area contributed by atoms with Gasteiger partial charge in [0.15, 0.2) is 0 Å². The van der Waals surface area contributed by atoms with Gasteiger partial charge < -0.3 is 10.5 Å². The number of nitrogens with zero attached hydrogens (tertiary/aromatic N) is 2. The van der Waals surface area contributed by atoms with Gasteiger partial charge in [0, 0.05) is 16.8 Å². The van der Waals surface area contributed by atoms with Crippen LogP contribution in [0.1, 0.15) is 43.6 Å². The lowest BCUT2D eigenvalue weighted by molar-refractivity contribution is 0.510. The summed E-state index contributed by atoms with van der Waals surface area (Å²) in [5.41, 5.74) is 10.3. The molecule has 1 unspecified atom stereocenters. The molecule has 0 saturated carbocycles. The topological polar surface area (TPSA) is 68.9 Å². The summed E-state index contributed by atoms with van der Waals surface area (Å²) in [6, 6.07) is 4.06. The number of aromatic nitrogens is 3. The first-order chi connectivity index (χ1) is 10.3. The van der Waals surface area contributed by atoms with Crippen LogP contribution in [0.4, 0.5) is 0 Å². The molecule has 4 heterocycles. The fourth-order valence-electron chi connectivity index (χ4n) is 3.23. The number of thiocarbonyl (C=S) groups is 1. The highest BCUT2D eigenvalue weighted by atomic mass is 79.9. The highest BCUT2D eigenvalue weighted by molar-refractivity contribution is 9.10. The molecular weight excluding hydrogens is 364 g/mol. The molecule has 0 radical (unpaired) electrons. The number of nitrogens with two attached hydrogens (primary N) is 1. The highest BCUT2D eigenvalue weighted by Gasteiger charge is 2.45. The Labute approximate surface area is 141 Å². The van der Waals surface area contributed by atoms with Crippen LogP contribution >= 0.6 is 28.1 Å². The number of H-pyrrole nitrogens is 1. The van der Waals surface area contributed by atoms with Gasteiger partial charge in [-0.3, -0.25) is 9.67 Å². The third kappa shape index (κ3) is 1.63. The summed E-state index contributed by atoms with van der Waals surface area (Å²) in [6.45, 7) is 6.43. The van der Waals surface area contributed by atoms with Crippen LogP contribution in [-0.2, 0) is 5.41 Å². The second kappa shape index (κ2) is 4.23. The van der Waals surface area contributed by atoms with Gasteiger partial charge in [-0.05, 0) is 40.3 Å². The Balaban J connectivity index is 2.05. The fraction of sp³-hybridized carbons (Fsp3) is 0.333. The van der Waals surface area contributed by atoms with E-state index in [4.69, 9.17) is 22.7 Å². The molecule has 0 fully saturated rings. The standard InChI is InChI=1S/C15H15BrN4OS/c1-15(2,3)11-9-8-6-4-5-7(16)20(6)12(17)10(8)14(22)21-13(9)19-18-11/h4-5,8H,17H2,1-3H3,(H,18,19). The minimum atomic E-state index is -0.0833. The first-order valence-electron chi connectivity index (χ1n) is 6.98. The van der Waals surface area contributed by atoms with Crippen molar-refractivity contribution < 1.29 is 4.74 Å². The molecule has 0 saturated heterocycles. The predicted molar refractivity (Wildman–Crippen MR) is 91.9 cm³/mol. The SMILES string of the molecule is CC(C)(C)c1[nH]nc2c1C1C(=C(N)n3c(Br)ccc31)C(=S)O2. The normalized spacial score (nSPS) is 19.8. The first kappa shape index (κ1) is 14.0. The van der Waals surface area contributed by atoms with Crippen LogP contribution < -0.4 is 10.5 Å². The monoisotopic (exact) mass is 378 g/mol. The fourth-order valence-corrected chi connectivity index (χ4v) is 4.06. The van der Waals surface area contributed by atoms with E-state index in [1.165, 1.54) is 0 Å². The van der Waals surface area contributed by atoms with Crippen LogP contribution in [0, 0.1) is 0 Å². The zero-order valence-electron chi connectivity index (χ0n) is 12.4. The van der Waals surface area contributed by atoms with Crippen molar-refractivity contribution in [2.24, 2.45) is 5.73 Å². The highest BCUT2D eigenvalue weighted by Crippen LogP contribution is 2.50. The van der Waals surface area contributed by atoms with E-state index in [1.807, 2.05) is 10.6 Å². The maximum atomic E-state index is 6.34. The maximum absolute atomic E-state index is 6.34. The Morgan fingerprint density at radius 1 is 1.41 bits per heavy atom. The average Bonchev–Trinajstić information content (AvgIpc) is 3.05. The molecular formula is C15H15BrN4OS. The van der Waals surface area contributed by atoms with Gasteiger partial charge in [0.2, 0.25) is 10.9 Å². The van der Waals surface area contributed by atoms with Gasteiger partial charge in [0.1, 0.15) is 5.82 Å². The van der Waals surface area contributed by atoms with Crippen molar-refractivity contribution in [2.45, 2.75) is 32.1 Å². The van der Waals surface area contributed by atoms with E-state index >= 15 is 0 Å². The van der Waals surface area contributed by atoms with Crippen LogP contribution in [0.3, 0.4) is 0 Å². The molecule has 2 aromatic heterocycles. The minimum Gasteiger partial charge on any atom is -0.425 e. The molecule has 114 valence electrons. The van der Waals surface area contributed by atoms with E-state index in [0.717, 1.165) is 27.1 Å². The molecule has 7 heteroatoms. The Hall–Kier alpha value is -1.60. The number of hydrogen-bond acceptors (Lipinski definition) is 4. The van der Waals surface area contributed by atoms with E-state index in [1.54, 1.807) is 0 Å². The van der Waals surface area contributed by atoms with E-state index in [-0.39, 0.29) is 11.3 Å². The molecule has 0 aliphatic carbocycles. The van der Waals surface area contributed by atoms with Gasteiger partial charge >= 0.3 is 0 Å². The van der Waals surface area contributed by atoms with Crippen LogP contribution in [0.25, 0.3) is 5.82 Å². The van der Waals surface area contributed by atoms with Gasteiger partial charge in [-0.15, -0.1) is 5.10 Å². The van der Waals surface area contributed by atoms with Crippen LogP contribution in [0.5, 0.6) is 5.88 Å². The average molecular weight is 379 g/mol. The van der Waals surface area contributed by atoms with Crippen molar-refractivity contribution in [3.05, 3.63) is 39.3 Å². The summed E-state index contributed by atoms with van der Waals surface area (Å²) in [4.78, 5) is 0. The van der Waals surface area contributed by atoms with Crippen LogP contribution in [-0.4, -0.2) is 19.8 Å². The molecule has 2 aromatic rings. The minimum absolute atomic E-state index is 0.0319. The summed E-state index contributed by atoms with van der Waals surface area (Å²) in [5.74, 6) is 1.14. The number of hydrogen-bond donors (Lipinski definition) is 2. The number of aromatic amines is 1. The van der Waals surface area contributed by atoms with Crippen molar-refractivity contribution in [1.29, 1.82) is 0 Å². The molecule has 0 spiro atoms. The van der Waals surface area contributed by atoms with Gasteiger partial charge in [-0.25, -0.2) is 0 Å². The number of nitrogens with one attached hydrogen (secondary N) is 1. The largest absolute Gasteiger partial charge is 0.425 e. The summed E-state index contributed by atoms with van der Waals surface area (Å²) in [5, 5.41) is 7.84. The zero-order chi connectivity index (χ0) is 15.8. The molecule has 1 atom stereocenters. The van der Waals surface area contributed by atoms with E-state index in [2.05, 4.69) is 53.0 Å². The smallest absolute Gasteiger partial charge is 0.243 e. The molecule has 5 nitrogen and oxygen atoms in total. The molecule has 0 bridgehead atoms. The maximum Gasteiger partial charge on any atom is 0.243 e. The number of ether oxygens (including phenoxy) is 1. The van der Waals surface area contributed by atoms with E-state index in [9.17, 15) is 0 Å². The summed E-state index contributed by atoms with van der Waals surface area (Å²) < 4.78 is 8.64. The number of fused-ring (bicyclic) bond motifs is 5. The quantitative estimate of drug-likeness (QED) is 0.690. The van der Waals surface area contributed by atoms with Crippen LogP contribution in [0.15, 0.2) is 22.3 Å². The molecule has 0 amide bonds. The molecule has 0 aromatic carbocycles. The third-order valence-electron chi connectivity index (χ3n) is 4.18. The van der Waals surface area contributed by atoms with Gasteiger partial charge in [-0.2, -0.15) is 0 Å².